The molecule has 1 N–H and O–H groups in total. The Morgan fingerprint density at radius 2 is 2.13 bits per heavy atom. The summed E-state index contributed by atoms with van der Waals surface area (Å²) in [6.45, 7) is 0.659. The Morgan fingerprint density at radius 3 is 2.91 bits per heavy atom. The second-order valence-electron chi connectivity index (χ2n) is 5.76. The molecule has 1 aliphatic carbocycles. The van der Waals surface area contributed by atoms with Crippen molar-refractivity contribution in [3.05, 3.63) is 65.8 Å². The van der Waals surface area contributed by atoms with Gasteiger partial charge in [-0.05, 0) is 18.4 Å². The van der Waals surface area contributed by atoms with Gasteiger partial charge in [0.2, 0.25) is 0 Å². The molecule has 2 heterocycles. The molecule has 23 heavy (non-hydrogen) atoms. The predicted octanol–water partition coefficient (Wildman–Crippen LogP) is 3.05. The number of amides is 1. The van der Waals surface area contributed by atoms with E-state index in [2.05, 4.69) is 15.6 Å². The average molecular weight is 308 g/mol. The van der Waals surface area contributed by atoms with Crippen LogP contribution in [0.2, 0.25) is 0 Å². The van der Waals surface area contributed by atoms with Crippen molar-refractivity contribution in [3.8, 4) is 0 Å². The Balaban J connectivity index is 1.41. The minimum atomic E-state index is -0.278. The lowest BCUT2D eigenvalue weighted by Gasteiger charge is -2.01. The van der Waals surface area contributed by atoms with Gasteiger partial charge in [-0.15, -0.1) is 0 Å². The largest absolute Gasteiger partial charge is 0.360 e. The summed E-state index contributed by atoms with van der Waals surface area (Å²) in [6, 6.07) is 11.8. The molecule has 3 aromatic rings. The van der Waals surface area contributed by atoms with E-state index < -0.39 is 0 Å². The minimum absolute atomic E-state index is 0.278. The smallest absolute Gasteiger partial charge is 0.277 e. The molecule has 1 aromatic carbocycles. The lowest BCUT2D eigenvalue weighted by molar-refractivity contribution is 0.101. The van der Waals surface area contributed by atoms with Crippen LogP contribution < -0.4 is 5.32 Å². The third-order valence-electron chi connectivity index (χ3n) is 3.82. The van der Waals surface area contributed by atoms with E-state index in [-0.39, 0.29) is 5.91 Å². The van der Waals surface area contributed by atoms with Crippen LogP contribution in [0.15, 0.2) is 53.3 Å². The molecule has 6 nitrogen and oxygen atoms in total. The quantitative estimate of drug-likeness (QED) is 0.786. The number of aromatic nitrogens is 3. The first kappa shape index (κ1) is 13.8. The maximum atomic E-state index is 12.2. The number of anilines is 1. The molecule has 0 atom stereocenters. The van der Waals surface area contributed by atoms with Crippen LogP contribution in [0.5, 0.6) is 0 Å². The maximum Gasteiger partial charge on any atom is 0.277 e. The van der Waals surface area contributed by atoms with Crippen molar-refractivity contribution in [1.82, 2.24) is 14.9 Å². The van der Waals surface area contributed by atoms with E-state index in [4.69, 9.17) is 4.52 Å². The van der Waals surface area contributed by atoms with Crippen molar-refractivity contribution in [2.75, 3.05) is 5.32 Å². The molecular formula is C17H16N4O2. The van der Waals surface area contributed by atoms with Gasteiger partial charge in [0.15, 0.2) is 5.69 Å². The molecule has 1 saturated carbocycles. The fraction of sp³-hybridized carbons (Fsp3) is 0.235. The van der Waals surface area contributed by atoms with Gasteiger partial charge in [-0.3, -0.25) is 9.48 Å². The lowest BCUT2D eigenvalue weighted by atomic mass is 10.2. The van der Waals surface area contributed by atoms with Gasteiger partial charge < -0.3 is 9.84 Å². The van der Waals surface area contributed by atoms with Crippen molar-refractivity contribution in [2.24, 2.45) is 0 Å². The van der Waals surface area contributed by atoms with Crippen molar-refractivity contribution in [3.63, 3.8) is 0 Å². The fourth-order valence-electron chi connectivity index (χ4n) is 2.44. The number of nitrogens with one attached hydrogen (secondary N) is 1. The molecule has 0 unspecified atom stereocenters. The molecule has 1 fully saturated rings. The second kappa shape index (κ2) is 5.72. The van der Waals surface area contributed by atoms with Crippen molar-refractivity contribution >= 4 is 11.6 Å². The molecule has 116 valence electrons. The number of hydrogen-bond donors (Lipinski definition) is 1. The summed E-state index contributed by atoms with van der Waals surface area (Å²) < 4.78 is 6.98. The van der Waals surface area contributed by atoms with E-state index in [0.717, 1.165) is 24.2 Å². The monoisotopic (exact) mass is 308 g/mol. The highest BCUT2D eigenvalue weighted by molar-refractivity contribution is 6.02. The Kier molecular flexibility index (Phi) is 3.42. The summed E-state index contributed by atoms with van der Waals surface area (Å²) in [6.07, 6.45) is 5.65. The third-order valence-corrected chi connectivity index (χ3v) is 3.82. The van der Waals surface area contributed by atoms with Gasteiger partial charge in [-0.25, -0.2) is 0 Å². The first-order chi connectivity index (χ1) is 11.3. The van der Waals surface area contributed by atoms with E-state index in [1.54, 1.807) is 23.1 Å². The highest BCUT2D eigenvalue weighted by atomic mass is 16.5. The van der Waals surface area contributed by atoms with Crippen LogP contribution in [0.4, 0.5) is 5.69 Å². The van der Waals surface area contributed by atoms with Crippen molar-refractivity contribution in [1.29, 1.82) is 0 Å². The Bertz CT molecular complexity index is 818. The van der Waals surface area contributed by atoms with Gasteiger partial charge in [0.05, 0.1) is 18.4 Å². The first-order valence-electron chi connectivity index (χ1n) is 7.62. The third kappa shape index (κ3) is 3.15. The predicted molar refractivity (Wildman–Crippen MR) is 84.2 cm³/mol. The molecule has 6 heteroatoms. The molecule has 0 radical (unpaired) electrons. The summed E-state index contributed by atoms with van der Waals surface area (Å²) in [5.41, 5.74) is 2.10. The van der Waals surface area contributed by atoms with Gasteiger partial charge in [0, 0.05) is 18.2 Å². The molecule has 4 rings (SSSR count). The number of carbonyl (C=O) groups excluding carboxylic acids is 1. The second-order valence-corrected chi connectivity index (χ2v) is 5.76. The maximum absolute atomic E-state index is 12.2. The van der Waals surface area contributed by atoms with Gasteiger partial charge >= 0.3 is 0 Å². The minimum Gasteiger partial charge on any atom is -0.360 e. The van der Waals surface area contributed by atoms with E-state index >= 15 is 0 Å². The molecule has 0 saturated heterocycles. The van der Waals surface area contributed by atoms with E-state index in [1.165, 1.54) is 0 Å². The van der Waals surface area contributed by atoms with Crippen LogP contribution in [-0.2, 0) is 6.54 Å². The average Bonchev–Trinajstić information content (AvgIpc) is 3.13. The molecule has 0 aliphatic heterocycles. The molecule has 0 bridgehead atoms. The van der Waals surface area contributed by atoms with Gasteiger partial charge in [-0.2, -0.15) is 5.10 Å². The summed E-state index contributed by atoms with van der Waals surface area (Å²) in [5, 5.41) is 10.9. The molecular weight excluding hydrogens is 292 g/mol. The number of carbonyl (C=O) groups is 1. The fourth-order valence-corrected chi connectivity index (χ4v) is 2.44. The summed E-state index contributed by atoms with van der Waals surface area (Å²) in [5.74, 6) is 0.965. The topological polar surface area (TPSA) is 73.0 Å². The van der Waals surface area contributed by atoms with Crippen molar-refractivity contribution in [2.45, 2.75) is 25.3 Å². The van der Waals surface area contributed by atoms with Crippen LogP contribution in [0.25, 0.3) is 0 Å². The Morgan fingerprint density at radius 1 is 1.30 bits per heavy atom. The van der Waals surface area contributed by atoms with Gasteiger partial charge in [0.25, 0.3) is 5.91 Å². The van der Waals surface area contributed by atoms with E-state index in [0.29, 0.717) is 23.8 Å². The van der Waals surface area contributed by atoms with Crippen LogP contribution >= 0.6 is 0 Å². The molecule has 0 spiro atoms. The summed E-state index contributed by atoms with van der Waals surface area (Å²) in [4.78, 5) is 12.2. The zero-order chi connectivity index (χ0) is 15.6. The van der Waals surface area contributed by atoms with Crippen molar-refractivity contribution < 1.29 is 9.32 Å². The SMILES string of the molecule is O=C(Nc1cnn(Cc2ccccc2)c1)c1cc(C2CC2)on1. The van der Waals surface area contributed by atoms with Crippen LogP contribution in [-0.4, -0.2) is 20.8 Å². The number of rotatable bonds is 5. The molecule has 2 aromatic heterocycles. The highest BCUT2D eigenvalue weighted by Crippen LogP contribution is 2.40. The Labute approximate surface area is 133 Å². The normalized spacial score (nSPS) is 13.9. The Hall–Kier alpha value is -2.89. The number of nitrogens with zero attached hydrogens (tertiary/aromatic N) is 3. The van der Waals surface area contributed by atoms with Crippen LogP contribution in [0, 0.1) is 0 Å². The van der Waals surface area contributed by atoms with Gasteiger partial charge in [-0.1, -0.05) is 35.5 Å². The van der Waals surface area contributed by atoms with Gasteiger partial charge in [0.1, 0.15) is 5.76 Å². The number of benzene rings is 1. The summed E-state index contributed by atoms with van der Waals surface area (Å²) in [7, 11) is 0. The number of hydrogen-bond acceptors (Lipinski definition) is 4. The van der Waals surface area contributed by atoms with Crippen LogP contribution in [0.1, 0.15) is 40.6 Å². The van der Waals surface area contributed by atoms with E-state index in [1.807, 2.05) is 30.3 Å². The standard InChI is InChI=1S/C17H16N4O2/c22-17(15-8-16(23-20-15)13-6-7-13)19-14-9-18-21(11-14)10-12-4-2-1-3-5-12/h1-5,8-9,11,13H,6-7,10H2,(H,19,22). The summed E-state index contributed by atoms with van der Waals surface area (Å²) >= 11 is 0. The lowest BCUT2D eigenvalue weighted by Crippen LogP contribution is -2.11. The highest BCUT2D eigenvalue weighted by Gasteiger charge is 2.28. The zero-order valence-corrected chi connectivity index (χ0v) is 12.5. The molecule has 1 aliphatic rings. The first-order valence-corrected chi connectivity index (χ1v) is 7.62. The molecule has 1 amide bonds. The van der Waals surface area contributed by atoms with Crippen LogP contribution in [0.3, 0.4) is 0 Å². The zero-order valence-electron chi connectivity index (χ0n) is 12.5. The van der Waals surface area contributed by atoms with E-state index in [9.17, 15) is 4.79 Å².